The number of hydrogen-bond donors (Lipinski definition) is 2. The van der Waals surface area contributed by atoms with Gasteiger partial charge in [-0.05, 0) is 42.5 Å². The van der Waals surface area contributed by atoms with Crippen molar-refractivity contribution in [1.82, 2.24) is 5.32 Å². The average Bonchev–Trinajstić information content (AvgIpc) is 3.03. The highest BCUT2D eigenvalue weighted by atomic mass is 32.2. The zero-order valence-electron chi connectivity index (χ0n) is 12.0. The summed E-state index contributed by atoms with van der Waals surface area (Å²) in [7, 11) is -3.78. The number of nitrogens with two attached hydrogens (primary N) is 1. The molecule has 5 nitrogen and oxygen atoms in total. The Balaban J connectivity index is 1.83. The van der Waals surface area contributed by atoms with Gasteiger partial charge in [-0.2, -0.15) is 0 Å². The molecule has 0 saturated heterocycles. The number of aryl methyl sites for hydroxylation is 2. The predicted octanol–water partition coefficient (Wildman–Crippen LogP) is 2.12. The lowest BCUT2D eigenvalue weighted by molar-refractivity contribution is 0.0940. The van der Waals surface area contributed by atoms with Crippen molar-refractivity contribution >= 4 is 27.3 Å². The van der Waals surface area contributed by atoms with E-state index in [0.29, 0.717) is 10.4 Å². The van der Waals surface area contributed by atoms with Crippen LogP contribution >= 0.6 is 11.3 Å². The molecule has 1 aliphatic rings. The lowest BCUT2D eigenvalue weighted by Gasteiger charge is -2.13. The number of carbonyl (C=O) groups excluding carboxylic acids is 1. The number of amides is 1. The molecular formula is C15H16N2O3S2. The van der Waals surface area contributed by atoms with Crippen LogP contribution in [0.4, 0.5) is 0 Å². The smallest absolute Gasteiger partial charge is 0.262 e. The Bertz CT molecular complexity index is 840. The SMILES string of the molecule is Cc1cc(S(N)(=O)=O)sc1C(=O)N[C@H]1CCc2ccccc21. The van der Waals surface area contributed by atoms with E-state index in [2.05, 4.69) is 11.4 Å². The molecule has 1 atom stereocenters. The van der Waals surface area contributed by atoms with E-state index in [-0.39, 0.29) is 16.2 Å². The topological polar surface area (TPSA) is 89.3 Å². The number of nitrogens with one attached hydrogen (secondary N) is 1. The van der Waals surface area contributed by atoms with Crippen molar-refractivity contribution in [1.29, 1.82) is 0 Å². The number of primary sulfonamides is 1. The predicted molar refractivity (Wildman–Crippen MR) is 85.4 cm³/mol. The molecule has 3 rings (SSSR count). The van der Waals surface area contributed by atoms with E-state index in [0.717, 1.165) is 29.7 Å². The van der Waals surface area contributed by atoms with Crippen LogP contribution < -0.4 is 10.5 Å². The highest BCUT2D eigenvalue weighted by Crippen LogP contribution is 2.32. The fourth-order valence-corrected chi connectivity index (χ4v) is 4.61. The third-order valence-corrected chi connectivity index (χ3v) is 6.48. The van der Waals surface area contributed by atoms with E-state index in [1.54, 1.807) is 6.92 Å². The largest absolute Gasteiger partial charge is 0.345 e. The standard InChI is InChI=1S/C15H16N2O3S2/c1-9-8-13(22(16,19)20)21-14(9)15(18)17-12-7-6-10-4-2-3-5-11(10)12/h2-5,8,12H,6-7H2,1H3,(H,17,18)(H2,16,19,20)/t12-/m0/s1. The molecular weight excluding hydrogens is 320 g/mol. The van der Waals surface area contributed by atoms with Crippen LogP contribution in [-0.4, -0.2) is 14.3 Å². The number of sulfonamides is 1. The first-order valence-corrected chi connectivity index (χ1v) is 9.24. The van der Waals surface area contributed by atoms with Crippen LogP contribution in [0.15, 0.2) is 34.5 Å². The first kappa shape index (κ1) is 15.2. The number of benzene rings is 1. The Labute approximate surface area is 133 Å². The second kappa shape index (κ2) is 5.49. The molecule has 116 valence electrons. The summed E-state index contributed by atoms with van der Waals surface area (Å²) in [6.45, 7) is 1.71. The van der Waals surface area contributed by atoms with Gasteiger partial charge in [-0.15, -0.1) is 11.3 Å². The molecule has 1 aromatic heterocycles. The summed E-state index contributed by atoms with van der Waals surface area (Å²) >= 11 is 0.914. The lowest BCUT2D eigenvalue weighted by atomic mass is 10.1. The van der Waals surface area contributed by atoms with E-state index in [9.17, 15) is 13.2 Å². The van der Waals surface area contributed by atoms with Crippen molar-refractivity contribution in [3.63, 3.8) is 0 Å². The van der Waals surface area contributed by atoms with Gasteiger partial charge in [0.15, 0.2) is 0 Å². The Morgan fingerprint density at radius 3 is 2.77 bits per heavy atom. The maximum Gasteiger partial charge on any atom is 0.262 e. The normalized spacial score (nSPS) is 17.3. The van der Waals surface area contributed by atoms with Gasteiger partial charge in [0, 0.05) is 0 Å². The molecule has 1 aromatic carbocycles. The zero-order valence-corrected chi connectivity index (χ0v) is 13.6. The second-order valence-electron chi connectivity index (χ2n) is 5.39. The van der Waals surface area contributed by atoms with Gasteiger partial charge in [0.05, 0.1) is 10.9 Å². The summed E-state index contributed by atoms with van der Waals surface area (Å²) in [5, 5.41) is 8.11. The molecule has 0 unspecified atom stereocenters. The third-order valence-electron chi connectivity index (χ3n) is 3.82. The minimum atomic E-state index is -3.78. The molecule has 1 aliphatic carbocycles. The van der Waals surface area contributed by atoms with Gasteiger partial charge >= 0.3 is 0 Å². The van der Waals surface area contributed by atoms with Crippen LogP contribution in [0.25, 0.3) is 0 Å². The van der Waals surface area contributed by atoms with Crippen molar-refractivity contribution in [2.24, 2.45) is 5.14 Å². The van der Waals surface area contributed by atoms with E-state index in [1.165, 1.54) is 11.6 Å². The summed E-state index contributed by atoms with van der Waals surface area (Å²) < 4.78 is 22.8. The van der Waals surface area contributed by atoms with Crippen molar-refractivity contribution in [3.05, 3.63) is 51.9 Å². The highest BCUT2D eigenvalue weighted by Gasteiger charge is 2.26. The third kappa shape index (κ3) is 2.79. The summed E-state index contributed by atoms with van der Waals surface area (Å²) in [4.78, 5) is 12.8. The fourth-order valence-electron chi connectivity index (χ4n) is 2.75. The molecule has 0 bridgehead atoms. The molecule has 22 heavy (non-hydrogen) atoms. The molecule has 2 aromatic rings. The number of carbonyl (C=O) groups is 1. The fraction of sp³-hybridized carbons (Fsp3) is 0.267. The van der Waals surface area contributed by atoms with E-state index >= 15 is 0 Å². The van der Waals surface area contributed by atoms with Gasteiger partial charge in [-0.3, -0.25) is 4.79 Å². The molecule has 0 saturated carbocycles. The van der Waals surface area contributed by atoms with Gasteiger partial charge < -0.3 is 5.32 Å². The average molecular weight is 336 g/mol. The molecule has 3 N–H and O–H groups in total. The minimum Gasteiger partial charge on any atom is -0.345 e. The number of rotatable bonds is 3. The maximum atomic E-state index is 12.4. The molecule has 1 heterocycles. The van der Waals surface area contributed by atoms with E-state index in [1.807, 2.05) is 18.2 Å². The Morgan fingerprint density at radius 1 is 1.36 bits per heavy atom. The van der Waals surface area contributed by atoms with Crippen molar-refractivity contribution in [2.75, 3.05) is 0 Å². The van der Waals surface area contributed by atoms with Crippen LogP contribution in [0, 0.1) is 6.92 Å². The molecule has 0 spiro atoms. The van der Waals surface area contributed by atoms with E-state index < -0.39 is 10.0 Å². The van der Waals surface area contributed by atoms with Crippen LogP contribution in [0.5, 0.6) is 0 Å². The Morgan fingerprint density at radius 2 is 2.09 bits per heavy atom. The number of hydrogen-bond acceptors (Lipinski definition) is 4. The van der Waals surface area contributed by atoms with Gasteiger partial charge in [-0.1, -0.05) is 24.3 Å². The summed E-state index contributed by atoms with van der Waals surface area (Å²) in [6.07, 6.45) is 1.80. The van der Waals surface area contributed by atoms with Crippen LogP contribution in [-0.2, 0) is 16.4 Å². The molecule has 0 fully saturated rings. The van der Waals surface area contributed by atoms with Crippen LogP contribution in [0.2, 0.25) is 0 Å². The molecule has 0 aliphatic heterocycles. The number of thiophene rings is 1. The molecule has 0 radical (unpaired) electrons. The highest BCUT2D eigenvalue weighted by molar-refractivity contribution is 7.91. The van der Waals surface area contributed by atoms with Crippen molar-refractivity contribution in [3.8, 4) is 0 Å². The molecule has 7 heteroatoms. The Kier molecular flexibility index (Phi) is 3.80. The lowest BCUT2D eigenvalue weighted by Crippen LogP contribution is -2.26. The van der Waals surface area contributed by atoms with Gasteiger partial charge in [-0.25, -0.2) is 13.6 Å². The van der Waals surface area contributed by atoms with Crippen LogP contribution in [0.1, 0.15) is 38.8 Å². The summed E-state index contributed by atoms with van der Waals surface area (Å²) in [5.74, 6) is -0.251. The maximum absolute atomic E-state index is 12.4. The second-order valence-corrected chi connectivity index (χ2v) is 8.23. The quantitative estimate of drug-likeness (QED) is 0.900. The number of fused-ring (bicyclic) bond motifs is 1. The summed E-state index contributed by atoms with van der Waals surface area (Å²) in [6, 6.07) is 9.45. The zero-order chi connectivity index (χ0) is 15.9. The Hall–Kier alpha value is -1.70. The summed E-state index contributed by atoms with van der Waals surface area (Å²) in [5.41, 5.74) is 3.01. The van der Waals surface area contributed by atoms with Crippen LogP contribution in [0.3, 0.4) is 0 Å². The van der Waals surface area contributed by atoms with Crippen molar-refractivity contribution < 1.29 is 13.2 Å². The molecule has 1 amide bonds. The first-order chi connectivity index (χ1) is 10.4. The van der Waals surface area contributed by atoms with Gasteiger partial charge in [0.2, 0.25) is 10.0 Å². The first-order valence-electron chi connectivity index (χ1n) is 6.88. The van der Waals surface area contributed by atoms with Gasteiger partial charge in [0.1, 0.15) is 4.21 Å². The monoisotopic (exact) mass is 336 g/mol. The van der Waals surface area contributed by atoms with Crippen molar-refractivity contribution in [2.45, 2.75) is 30.0 Å². The minimum absolute atomic E-state index is 0.0157. The van der Waals surface area contributed by atoms with Gasteiger partial charge in [0.25, 0.3) is 5.91 Å². The van der Waals surface area contributed by atoms with E-state index in [4.69, 9.17) is 5.14 Å².